The number of nitrogens with one attached hydrogen (secondary N) is 1. The average molecular weight is 369 g/mol. The summed E-state index contributed by atoms with van der Waals surface area (Å²) in [7, 11) is -3.58. The molecular formula is C21H24N2O2S. The van der Waals surface area contributed by atoms with Crippen LogP contribution >= 0.6 is 0 Å². The van der Waals surface area contributed by atoms with Gasteiger partial charge in [-0.2, -0.15) is 0 Å². The molecule has 0 amide bonds. The second-order valence-corrected chi connectivity index (χ2v) is 8.48. The van der Waals surface area contributed by atoms with Crippen LogP contribution in [0.5, 0.6) is 0 Å². The molecule has 0 radical (unpaired) electrons. The first kappa shape index (κ1) is 18.4. The highest BCUT2D eigenvalue weighted by Gasteiger charge is 2.32. The fourth-order valence-corrected chi connectivity index (χ4v) is 4.60. The minimum Gasteiger partial charge on any atom is -0.267 e. The first-order chi connectivity index (χ1) is 12.3. The van der Waals surface area contributed by atoms with Crippen LogP contribution in [0.15, 0.2) is 59.1 Å². The van der Waals surface area contributed by atoms with Crippen molar-refractivity contribution in [3.63, 3.8) is 0 Å². The van der Waals surface area contributed by atoms with E-state index in [0.29, 0.717) is 28.4 Å². The van der Waals surface area contributed by atoms with Crippen LogP contribution in [-0.4, -0.2) is 20.8 Å². The van der Waals surface area contributed by atoms with Gasteiger partial charge in [-0.25, -0.2) is 8.42 Å². The molecule has 1 unspecified atom stereocenters. The summed E-state index contributed by atoms with van der Waals surface area (Å²) in [4.78, 5) is 4.89. The fourth-order valence-electron chi connectivity index (χ4n) is 3.08. The van der Waals surface area contributed by atoms with Crippen molar-refractivity contribution in [2.24, 2.45) is 4.99 Å². The minimum atomic E-state index is -3.58. The standard InChI is InChI=1S/C21H24N2O2S/c1-14-10-11-19(12-15(14)2)20-17(4)21(23-26(20,24)25)22-13-16(3)18-8-6-5-7-9-18/h5-12,16H,13H2,1-4H3,(H,22,23). The number of amidine groups is 1. The maximum absolute atomic E-state index is 12.6. The zero-order valence-electron chi connectivity index (χ0n) is 15.6. The quantitative estimate of drug-likeness (QED) is 0.880. The van der Waals surface area contributed by atoms with E-state index in [1.807, 2.05) is 57.2 Å². The Bertz CT molecular complexity index is 990. The van der Waals surface area contributed by atoms with E-state index in [-0.39, 0.29) is 5.92 Å². The molecule has 1 N–H and O–H groups in total. The number of benzene rings is 2. The van der Waals surface area contributed by atoms with Gasteiger partial charge in [-0.15, -0.1) is 0 Å². The first-order valence-corrected chi connectivity index (χ1v) is 10.2. The van der Waals surface area contributed by atoms with E-state index in [2.05, 4.69) is 28.8 Å². The van der Waals surface area contributed by atoms with Gasteiger partial charge in [-0.05, 0) is 43.0 Å². The first-order valence-electron chi connectivity index (χ1n) is 8.70. The highest BCUT2D eigenvalue weighted by molar-refractivity contribution is 8.00. The molecule has 4 nitrogen and oxygen atoms in total. The molecule has 0 saturated heterocycles. The summed E-state index contributed by atoms with van der Waals surface area (Å²) < 4.78 is 27.9. The Morgan fingerprint density at radius 3 is 2.35 bits per heavy atom. The van der Waals surface area contributed by atoms with Crippen molar-refractivity contribution >= 4 is 20.8 Å². The third-order valence-electron chi connectivity index (χ3n) is 4.86. The molecule has 0 spiro atoms. The maximum Gasteiger partial charge on any atom is 0.264 e. The van der Waals surface area contributed by atoms with Crippen LogP contribution in [0.3, 0.4) is 0 Å². The molecule has 5 heteroatoms. The van der Waals surface area contributed by atoms with E-state index in [9.17, 15) is 8.42 Å². The number of aryl methyl sites for hydroxylation is 2. The summed E-state index contributed by atoms with van der Waals surface area (Å²) in [5, 5.41) is 0. The summed E-state index contributed by atoms with van der Waals surface area (Å²) in [6.45, 7) is 8.43. The summed E-state index contributed by atoms with van der Waals surface area (Å²) in [5.41, 5.74) is 4.78. The van der Waals surface area contributed by atoms with Gasteiger partial charge in [0.05, 0.1) is 0 Å². The topological polar surface area (TPSA) is 58.5 Å². The molecule has 1 heterocycles. The minimum absolute atomic E-state index is 0.215. The van der Waals surface area contributed by atoms with Crippen molar-refractivity contribution in [3.05, 3.63) is 76.4 Å². The number of hydrogen-bond donors (Lipinski definition) is 1. The van der Waals surface area contributed by atoms with Gasteiger partial charge < -0.3 is 0 Å². The predicted molar refractivity (Wildman–Crippen MR) is 108 cm³/mol. The van der Waals surface area contributed by atoms with Crippen LogP contribution in [0, 0.1) is 13.8 Å². The van der Waals surface area contributed by atoms with E-state index in [0.717, 1.165) is 11.1 Å². The smallest absolute Gasteiger partial charge is 0.264 e. The lowest BCUT2D eigenvalue weighted by Gasteiger charge is -2.09. The maximum atomic E-state index is 12.6. The number of hydrogen-bond acceptors (Lipinski definition) is 3. The summed E-state index contributed by atoms with van der Waals surface area (Å²) >= 11 is 0. The molecule has 3 rings (SSSR count). The SMILES string of the molecule is CC1=C(c2ccc(C)c(C)c2)S(=O)(=O)NC1=NCC(C)c1ccccc1. The van der Waals surface area contributed by atoms with Crippen molar-refractivity contribution in [1.82, 2.24) is 4.72 Å². The lowest BCUT2D eigenvalue weighted by Crippen LogP contribution is -2.24. The third-order valence-corrected chi connectivity index (χ3v) is 6.40. The Balaban J connectivity index is 1.92. The van der Waals surface area contributed by atoms with E-state index in [1.54, 1.807) is 0 Å². The molecule has 0 fully saturated rings. The zero-order valence-corrected chi connectivity index (χ0v) is 16.4. The number of aliphatic imine (C=N–C) groups is 1. The fraction of sp³-hybridized carbons (Fsp3) is 0.286. The van der Waals surface area contributed by atoms with E-state index < -0.39 is 10.0 Å². The Morgan fingerprint density at radius 1 is 1.00 bits per heavy atom. The van der Waals surface area contributed by atoms with Crippen molar-refractivity contribution in [2.75, 3.05) is 6.54 Å². The van der Waals surface area contributed by atoms with Gasteiger partial charge in [0.15, 0.2) is 0 Å². The van der Waals surface area contributed by atoms with Crippen molar-refractivity contribution in [3.8, 4) is 0 Å². The molecular weight excluding hydrogens is 344 g/mol. The van der Waals surface area contributed by atoms with E-state index >= 15 is 0 Å². The largest absolute Gasteiger partial charge is 0.267 e. The van der Waals surface area contributed by atoms with E-state index in [1.165, 1.54) is 5.56 Å². The molecule has 1 atom stereocenters. The van der Waals surface area contributed by atoms with Crippen molar-refractivity contribution < 1.29 is 8.42 Å². The number of sulfonamides is 1. The normalized spacial score (nSPS) is 18.8. The molecule has 26 heavy (non-hydrogen) atoms. The van der Waals surface area contributed by atoms with Crippen LogP contribution < -0.4 is 4.72 Å². The van der Waals surface area contributed by atoms with Gasteiger partial charge in [0.25, 0.3) is 10.0 Å². The van der Waals surface area contributed by atoms with Gasteiger partial charge in [-0.1, -0.05) is 55.5 Å². The predicted octanol–water partition coefficient (Wildman–Crippen LogP) is 4.17. The Kier molecular flexibility index (Phi) is 5.01. The molecule has 0 aromatic heterocycles. The van der Waals surface area contributed by atoms with Crippen molar-refractivity contribution in [2.45, 2.75) is 33.6 Å². The molecule has 2 aromatic rings. The molecule has 136 valence electrons. The van der Waals surface area contributed by atoms with Gasteiger partial charge in [0.2, 0.25) is 0 Å². The van der Waals surface area contributed by atoms with Crippen LogP contribution in [-0.2, 0) is 10.0 Å². The van der Waals surface area contributed by atoms with Gasteiger partial charge >= 0.3 is 0 Å². The van der Waals surface area contributed by atoms with Crippen LogP contribution in [0.2, 0.25) is 0 Å². The second-order valence-electron chi connectivity index (χ2n) is 6.86. The monoisotopic (exact) mass is 368 g/mol. The van der Waals surface area contributed by atoms with Crippen LogP contribution in [0.4, 0.5) is 0 Å². The van der Waals surface area contributed by atoms with Gasteiger partial charge in [-0.3, -0.25) is 9.71 Å². The van der Waals surface area contributed by atoms with Gasteiger partial charge in [0, 0.05) is 18.0 Å². The number of nitrogens with zero attached hydrogens (tertiary/aromatic N) is 1. The lowest BCUT2D eigenvalue weighted by atomic mass is 10.0. The van der Waals surface area contributed by atoms with E-state index in [4.69, 9.17) is 0 Å². The molecule has 2 aromatic carbocycles. The highest BCUT2D eigenvalue weighted by atomic mass is 32.2. The summed E-state index contributed by atoms with van der Waals surface area (Å²) in [5.74, 6) is 0.660. The summed E-state index contributed by atoms with van der Waals surface area (Å²) in [6.07, 6.45) is 0. The molecule has 1 aliphatic rings. The molecule has 1 aliphatic heterocycles. The molecule has 0 bridgehead atoms. The zero-order chi connectivity index (χ0) is 18.9. The molecule has 0 aliphatic carbocycles. The van der Waals surface area contributed by atoms with Crippen LogP contribution in [0.25, 0.3) is 4.91 Å². The van der Waals surface area contributed by atoms with Gasteiger partial charge in [0.1, 0.15) is 10.7 Å². The lowest BCUT2D eigenvalue weighted by molar-refractivity contribution is 0.603. The Morgan fingerprint density at radius 2 is 1.69 bits per heavy atom. The highest BCUT2D eigenvalue weighted by Crippen LogP contribution is 2.31. The Hall–Kier alpha value is -2.40. The molecule has 0 saturated carbocycles. The number of rotatable bonds is 4. The van der Waals surface area contributed by atoms with Crippen LogP contribution in [0.1, 0.15) is 42.0 Å². The second kappa shape index (κ2) is 7.08. The summed E-state index contributed by atoms with van der Waals surface area (Å²) in [6, 6.07) is 15.8. The van der Waals surface area contributed by atoms with Crippen molar-refractivity contribution in [1.29, 1.82) is 0 Å². The third kappa shape index (κ3) is 3.58. The average Bonchev–Trinajstić information content (AvgIpc) is 2.84. The Labute approximate surface area is 155 Å².